The minimum atomic E-state index is -0.434. The first-order valence-electron chi connectivity index (χ1n) is 7.59. The Morgan fingerprint density at radius 1 is 1.09 bits per heavy atom. The molecule has 2 atom stereocenters. The summed E-state index contributed by atoms with van der Waals surface area (Å²) in [6.07, 6.45) is 0.0844. The largest absolute Gasteiger partial charge is 0.393 e. The molecule has 3 N–H and O–H groups in total. The highest BCUT2D eigenvalue weighted by Gasteiger charge is 2.16. The van der Waals surface area contributed by atoms with Crippen LogP contribution in [0.15, 0.2) is 54.6 Å². The Kier molecular flexibility index (Phi) is 6.44. The molecular formula is C18H21ClN2O2. The van der Waals surface area contributed by atoms with Crippen LogP contribution in [0.4, 0.5) is 4.79 Å². The molecule has 2 amide bonds. The predicted molar refractivity (Wildman–Crippen MR) is 92.6 cm³/mol. The minimum Gasteiger partial charge on any atom is -0.393 e. The van der Waals surface area contributed by atoms with Crippen molar-refractivity contribution in [1.82, 2.24) is 10.6 Å². The average molecular weight is 333 g/mol. The quantitative estimate of drug-likeness (QED) is 0.758. The van der Waals surface area contributed by atoms with Gasteiger partial charge in [-0.1, -0.05) is 54.1 Å². The molecule has 0 aromatic heterocycles. The zero-order valence-corrected chi connectivity index (χ0v) is 13.8. The van der Waals surface area contributed by atoms with Crippen molar-refractivity contribution >= 4 is 17.6 Å². The number of aliphatic hydroxyl groups is 1. The fourth-order valence-electron chi connectivity index (χ4n) is 2.24. The standard InChI is InChI=1S/C18H21ClN2O2/c1-13(22)11-12-20-18(23)21-17(14-5-3-2-4-6-14)15-7-9-16(19)10-8-15/h2-10,13,17,22H,11-12H2,1H3,(H2,20,21,23). The summed E-state index contributed by atoms with van der Waals surface area (Å²) in [6.45, 7) is 2.12. The van der Waals surface area contributed by atoms with Crippen LogP contribution in [0.2, 0.25) is 5.02 Å². The molecule has 23 heavy (non-hydrogen) atoms. The van der Waals surface area contributed by atoms with Crippen molar-refractivity contribution < 1.29 is 9.90 Å². The topological polar surface area (TPSA) is 61.4 Å². The van der Waals surface area contributed by atoms with Crippen molar-refractivity contribution in [1.29, 1.82) is 0 Å². The molecule has 122 valence electrons. The second-order valence-corrected chi connectivity index (χ2v) is 5.87. The molecule has 0 saturated carbocycles. The van der Waals surface area contributed by atoms with Crippen molar-refractivity contribution in [3.63, 3.8) is 0 Å². The van der Waals surface area contributed by atoms with Gasteiger partial charge in [0.2, 0.25) is 0 Å². The van der Waals surface area contributed by atoms with Crippen LogP contribution in [0.25, 0.3) is 0 Å². The maximum Gasteiger partial charge on any atom is 0.315 e. The highest BCUT2D eigenvalue weighted by Crippen LogP contribution is 2.23. The van der Waals surface area contributed by atoms with Gasteiger partial charge in [0.1, 0.15) is 0 Å². The third-order valence-corrected chi connectivity index (χ3v) is 3.71. The molecule has 2 rings (SSSR count). The molecule has 2 aromatic carbocycles. The Labute approximate surface area is 141 Å². The summed E-state index contributed by atoms with van der Waals surface area (Å²) in [5.74, 6) is 0. The third-order valence-electron chi connectivity index (χ3n) is 3.46. The number of rotatable bonds is 6. The number of urea groups is 1. The molecule has 0 aliphatic rings. The van der Waals surface area contributed by atoms with Gasteiger partial charge in [-0.05, 0) is 36.6 Å². The molecule has 0 heterocycles. The lowest BCUT2D eigenvalue weighted by atomic mass is 9.99. The van der Waals surface area contributed by atoms with Gasteiger partial charge >= 0.3 is 6.03 Å². The van der Waals surface area contributed by atoms with E-state index in [-0.39, 0.29) is 12.1 Å². The first-order chi connectivity index (χ1) is 11.1. The fourth-order valence-corrected chi connectivity index (χ4v) is 2.36. The highest BCUT2D eigenvalue weighted by atomic mass is 35.5. The van der Waals surface area contributed by atoms with E-state index in [2.05, 4.69) is 10.6 Å². The van der Waals surface area contributed by atoms with Gasteiger partial charge in [-0.25, -0.2) is 4.79 Å². The molecule has 0 spiro atoms. The molecule has 0 saturated heterocycles. The van der Waals surface area contributed by atoms with Gasteiger partial charge in [-0.15, -0.1) is 0 Å². The number of halogens is 1. The van der Waals surface area contributed by atoms with E-state index < -0.39 is 6.10 Å². The highest BCUT2D eigenvalue weighted by molar-refractivity contribution is 6.30. The maximum atomic E-state index is 12.1. The van der Waals surface area contributed by atoms with Crippen LogP contribution >= 0.6 is 11.6 Å². The van der Waals surface area contributed by atoms with Crippen LogP contribution < -0.4 is 10.6 Å². The van der Waals surface area contributed by atoms with Crippen LogP contribution in [-0.2, 0) is 0 Å². The van der Waals surface area contributed by atoms with Crippen molar-refractivity contribution in [2.24, 2.45) is 0 Å². The zero-order chi connectivity index (χ0) is 16.7. The van der Waals surface area contributed by atoms with E-state index in [0.717, 1.165) is 11.1 Å². The molecule has 0 aliphatic carbocycles. The second-order valence-electron chi connectivity index (χ2n) is 5.43. The molecule has 2 unspecified atom stereocenters. The normalized spacial score (nSPS) is 13.2. The Hall–Kier alpha value is -2.04. The number of amides is 2. The Morgan fingerprint density at radius 2 is 1.70 bits per heavy atom. The van der Waals surface area contributed by atoms with Gasteiger partial charge in [0.05, 0.1) is 12.1 Å². The van der Waals surface area contributed by atoms with Gasteiger partial charge in [0.15, 0.2) is 0 Å². The predicted octanol–water partition coefficient (Wildman–Crippen LogP) is 3.50. The van der Waals surface area contributed by atoms with Gasteiger partial charge in [0, 0.05) is 11.6 Å². The van der Waals surface area contributed by atoms with E-state index in [4.69, 9.17) is 11.6 Å². The zero-order valence-electron chi connectivity index (χ0n) is 13.0. The monoisotopic (exact) mass is 332 g/mol. The van der Waals surface area contributed by atoms with Crippen LogP contribution in [0.5, 0.6) is 0 Å². The summed E-state index contributed by atoms with van der Waals surface area (Å²) in [5.41, 5.74) is 1.94. The maximum absolute atomic E-state index is 12.1. The van der Waals surface area contributed by atoms with E-state index in [1.807, 2.05) is 42.5 Å². The van der Waals surface area contributed by atoms with Gasteiger partial charge < -0.3 is 15.7 Å². The van der Waals surface area contributed by atoms with E-state index in [0.29, 0.717) is 18.0 Å². The Morgan fingerprint density at radius 3 is 2.30 bits per heavy atom. The molecule has 0 fully saturated rings. The third kappa shape index (κ3) is 5.58. The first kappa shape index (κ1) is 17.3. The van der Waals surface area contributed by atoms with Crippen molar-refractivity contribution in [2.75, 3.05) is 6.54 Å². The first-order valence-corrected chi connectivity index (χ1v) is 7.97. The summed E-state index contributed by atoms with van der Waals surface area (Å²) >= 11 is 5.94. The summed E-state index contributed by atoms with van der Waals surface area (Å²) < 4.78 is 0. The molecule has 0 radical (unpaired) electrons. The molecule has 0 bridgehead atoms. The lowest BCUT2D eigenvalue weighted by molar-refractivity contribution is 0.183. The molecule has 2 aromatic rings. The summed E-state index contributed by atoms with van der Waals surface area (Å²) in [5, 5.41) is 15.6. The van der Waals surface area contributed by atoms with Gasteiger partial charge in [0.25, 0.3) is 0 Å². The fraction of sp³-hybridized carbons (Fsp3) is 0.278. The van der Waals surface area contributed by atoms with Crippen LogP contribution in [0, 0.1) is 0 Å². The summed E-state index contributed by atoms with van der Waals surface area (Å²) in [6, 6.07) is 16.6. The Balaban J connectivity index is 2.11. The van der Waals surface area contributed by atoms with Gasteiger partial charge in [-0.2, -0.15) is 0 Å². The van der Waals surface area contributed by atoms with Crippen LogP contribution in [-0.4, -0.2) is 23.8 Å². The number of carbonyl (C=O) groups is 1. The SMILES string of the molecule is CC(O)CCNC(=O)NC(c1ccccc1)c1ccc(Cl)cc1. The van der Waals surface area contributed by atoms with Crippen molar-refractivity contribution in [3.8, 4) is 0 Å². The van der Waals surface area contributed by atoms with E-state index in [1.165, 1.54) is 0 Å². The lowest BCUT2D eigenvalue weighted by Gasteiger charge is -2.20. The summed E-state index contributed by atoms with van der Waals surface area (Å²) in [7, 11) is 0. The molecular weight excluding hydrogens is 312 g/mol. The van der Waals surface area contributed by atoms with Gasteiger partial charge in [-0.3, -0.25) is 0 Å². The Bertz CT molecular complexity index is 615. The van der Waals surface area contributed by atoms with Crippen LogP contribution in [0.3, 0.4) is 0 Å². The lowest BCUT2D eigenvalue weighted by Crippen LogP contribution is -2.39. The average Bonchev–Trinajstić information content (AvgIpc) is 2.54. The van der Waals surface area contributed by atoms with Crippen molar-refractivity contribution in [2.45, 2.75) is 25.5 Å². The van der Waals surface area contributed by atoms with E-state index in [9.17, 15) is 9.90 Å². The molecule has 4 nitrogen and oxygen atoms in total. The molecule has 0 aliphatic heterocycles. The number of hydrogen-bond acceptors (Lipinski definition) is 2. The van der Waals surface area contributed by atoms with Crippen molar-refractivity contribution in [3.05, 3.63) is 70.7 Å². The number of aliphatic hydroxyl groups excluding tert-OH is 1. The number of hydrogen-bond donors (Lipinski definition) is 3. The number of carbonyl (C=O) groups excluding carboxylic acids is 1. The van der Waals surface area contributed by atoms with E-state index >= 15 is 0 Å². The van der Waals surface area contributed by atoms with Crippen LogP contribution in [0.1, 0.15) is 30.5 Å². The minimum absolute atomic E-state index is 0.264. The summed E-state index contributed by atoms with van der Waals surface area (Å²) in [4.78, 5) is 12.1. The van der Waals surface area contributed by atoms with E-state index in [1.54, 1.807) is 19.1 Å². The second kappa shape index (κ2) is 8.56. The molecule has 5 heteroatoms. The smallest absolute Gasteiger partial charge is 0.315 e. The number of nitrogens with one attached hydrogen (secondary N) is 2. The number of benzene rings is 2.